The first-order valence-electron chi connectivity index (χ1n) is 7.27. The normalized spacial score (nSPS) is 39.8. The van der Waals surface area contributed by atoms with Gasteiger partial charge in [0.05, 0.1) is 12.7 Å². The van der Waals surface area contributed by atoms with Gasteiger partial charge in [-0.3, -0.25) is 0 Å². The highest BCUT2D eigenvalue weighted by Gasteiger charge is 2.48. The van der Waals surface area contributed by atoms with Crippen molar-refractivity contribution < 1.29 is 23.7 Å². The molecule has 5 heteroatoms. The number of fused-ring (bicyclic) bond motifs is 1. The smallest absolute Gasteiger partial charge is 0.184 e. The van der Waals surface area contributed by atoms with Crippen molar-refractivity contribution >= 4 is 0 Å². The Bertz CT molecular complexity index is 451. The minimum Gasteiger partial charge on any atom is -0.378 e. The number of rotatable bonds is 3. The van der Waals surface area contributed by atoms with Gasteiger partial charge in [-0.2, -0.15) is 0 Å². The topological polar surface area (TPSA) is 46.2 Å². The standard InChI is InChI=1S/C16H22O5/c1-10-13(17-2)14-12(20-15(10)18-3)9-19-16(21-14)11-7-5-4-6-8-11/h4-8,10,12-16H,9H2,1-3H3/t10-,12-,13-,14-,15+,16-/m1/s1. The van der Waals surface area contributed by atoms with Crippen LogP contribution >= 0.6 is 0 Å². The Balaban J connectivity index is 1.77. The molecular weight excluding hydrogens is 272 g/mol. The molecule has 0 aliphatic carbocycles. The molecule has 2 aliphatic heterocycles. The van der Waals surface area contributed by atoms with Gasteiger partial charge in [-0.1, -0.05) is 37.3 Å². The van der Waals surface area contributed by atoms with Crippen LogP contribution in [0.2, 0.25) is 0 Å². The summed E-state index contributed by atoms with van der Waals surface area (Å²) >= 11 is 0. The maximum Gasteiger partial charge on any atom is 0.184 e. The zero-order chi connectivity index (χ0) is 14.8. The van der Waals surface area contributed by atoms with E-state index in [1.54, 1.807) is 14.2 Å². The molecule has 0 amide bonds. The maximum atomic E-state index is 6.12. The van der Waals surface area contributed by atoms with Crippen LogP contribution < -0.4 is 0 Å². The Morgan fingerprint density at radius 1 is 1.05 bits per heavy atom. The van der Waals surface area contributed by atoms with Crippen LogP contribution in [0.5, 0.6) is 0 Å². The quantitative estimate of drug-likeness (QED) is 0.854. The van der Waals surface area contributed by atoms with Gasteiger partial charge in [-0.05, 0) is 0 Å². The summed E-state index contributed by atoms with van der Waals surface area (Å²) in [6, 6.07) is 9.92. The van der Waals surface area contributed by atoms with Gasteiger partial charge < -0.3 is 23.7 Å². The molecule has 0 N–H and O–H groups in total. The fraction of sp³-hybridized carbons (Fsp3) is 0.625. The van der Waals surface area contributed by atoms with E-state index in [4.69, 9.17) is 23.7 Å². The summed E-state index contributed by atoms with van der Waals surface area (Å²) in [5, 5.41) is 0. The third-order valence-corrected chi connectivity index (χ3v) is 4.22. The van der Waals surface area contributed by atoms with E-state index in [0.717, 1.165) is 5.56 Å². The number of benzene rings is 1. The summed E-state index contributed by atoms with van der Waals surface area (Å²) < 4.78 is 28.9. The van der Waals surface area contributed by atoms with Crippen LogP contribution in [0.3, 0.4) is 0 Å². The fourth-order valence-corrected chi connectivity index (χ4v) is 3.11. The number of methoxy groups -OCH3 is 2. The average Bonchev–Trinajstić information content (AvgIpc) is 2.54. The Morgan fingerprint density at radius 3 is 2.48 bits per heavy atom. The molecule has 2 fully saturated rings. The molecule has 2 heterocycles. The molecule has 5 nitrogen and oxygen atoms in total. The number of hydrogen-bond donors (Lipinski definition) is 0. The summed E-state index contributed by atoms with van der Waals surface area (Å²) in [5.41, 5.74) is 1.01. The van der Waals surface area contributed by atoms with Crippen LogP contribution in [0, 0.1) is 5.92 Å². The molecule has 116 valence electrons. The van der Waals surface area contributed by atoms with Gasteiger partial charge in [0.15, 0.2) is 12.6 Å². The van der Waals surface area contributed by atoms with Crippen molar-refractivity contribution in [2.24, 2.45) is 5.92 Å². The van der Waals surface area contributed by atoms with E-state index >= 15 is 0 Å². The first-order valence-corrected chi connectivity index (χ1v) is 7.27. The van der Waals surface area contributed by atoms with Crippen molar-refractivity contribution in [3.63, 3.8) is 0 Å². The third-order valence-electron chi connectivity index (χ3n) is 4.22. The van der Waals surface area contributed by atoms with Crippen LogP contribution in [-0.2, 0) is 23.7 Å². The molecule has 0 unspecified atom stereocenters. The summed E-state index contributed by atoms with van der Waals surface area (Å²) in [6.07, 6.45) is -1.08. The third kappa shape index (κ3) is 2.84. The number of hydrogen-bond acceptors (Lipinski definition) is 5. The molecule has 0 radical (unpaired) electrons. The van der Waals surface area contributed by atoms with E-state index in [1.807, 2.05) is 30.3 Å². The summed E-state index contributed by atoms with van der Waals surface area (Å²) in [4.78, 5) is 0. The molecule has 0 spiro atoms. The summed E-state index contributed by atoms with van der Waals surface area (Å²) in [6.45, 7) is 2.52. The van der Waals surface area contributed by atoms with Gasteiger partial charge in [0.1, 0.15) is 12.2 Å². The second-order valence-electron chi connectivity index (χ2n) is 5.51. The van der Waals surface area contributed by atoms with E-state index in [2.05, 4.69) is 6.92 Å². The minimum atomic E-state index is -0.375. The van der Waals surface area contributed by atoms with Crippen molar-refractivity contribution in [2.45, 2.75) is 37.8 Å². The van der Waals surface area contributed by atoms with Crippen molar-refractivity contribution in [1.29, 1.82) is 0 Å². The lowest BCUT2D eigenvalue weighted by atomic mass is 9.91. The molecule has 2 saturated heterocycles. The Kier molecular flexibility index (Phi) is 4.57. The molecular formula is C16H22O5. The highest BCUT2D eigenvalue weighted by atomic mass is 16.7. The highest BCUT2D eigenvalue weighted by molar-refractivity contribution is 5.16. The Labute approximate surface area is 125 Å². The molecule has 3 rings (SSSR count). The molecule has 0 aromatic heterocycles. The van der Waals surface area contributed by atoms with Gasteiger partial charge in [-0.15, -0.1) is 0 Å². The molecule has 21 heavy (non-hydrogen) atoms. The van der Waals surface area contributed by atoms with Crippen molar-refractivity contribution in [3.05, 3.63) is 35.9 Å². The zero-order valence-corrected chi connectivity index (χ0v) is 12.6. The van der Waals surface area contributed by atoms with E-state index in [9.17, 15) is 0 Å². The first kappa shape index (κ1) is 14.9. The van der Waals surface area contributed by atoms with Crippen LogP contribution in [0.1, 0.15) is 18.8 Å². The molecule has 2 aliphatic rings. The van der Waals surface area contributed by atoms with E-state index < -0.39 is 0 Å². The molecule has 0 saturated carbocycles. The predicted molar refractivity (Wildman–Crippen MR) is 75.6 cm³/mol. The average molecular weight is 294 g/mol. The van der Waals surface area contributed by atoms with E-state index in [0.29, 0.717) is 6.61 Å². The van der Waals surface area contributed by atoms with Gasteiger partial charge in [0.2, 0.25) is 0 Å². The van der Waals surface area contributed by atoms with Gasteiger partial charge in [0, 0.05) is 25.7 Å². The van der Waals surface area contributed by atoms with Gasteiger partial charge >= 0.3 is 0 Å². The molecule has 0 bridgehead atoms. The summed E-state index contributed by atoms with van der Waals surface area (Å²) in [5.74, 6) is 0.0933. The van der Waals surface area contributed by atoms with E-state index in [-0.39, 0.29) is 36.8 Å². The van der Waals surface area contributed by atoms with Crippen LogP contribution in [-0.4, -0.2) is 45.4 Å². The van der Waals surface area contributed by atoms with Crippen LogP contribution in [0.25, 0.3) is 0 Å². The second kappa shape index (κ2) is 6.42. The van der Waals surface area contributed by atoms with Crippen LogP contribution in [0.4, 0.5) is 0 Å². The van der Waals surface area contributed by atoms with Crippen molar-refractivity contribution in [3.8, 4) is 0 Å². The second-order valence-corrected chi connectivity index (χ2v) is 5.51. The monoisotopic (exact) mass is 294 g/mol. The SMILES string of the molecule is CO[C@H]1O[C@@H]2CO[C@@H](c3ccccc3)O[C@H]2[C@H](OC)[C@H]1C. The largest absolute Gasteiger partial charge is 0.378 e. The zero-order valence-electron chi connectivity index (χ0n) is 12.6. The fourth-order valence-electron chi connectivity index (χ4n) is 3.11. The van der Waals surface area contributed by atoms with Gasteiger partial charge in [-0.25, -0.2) is 0 Å². The van der Waals surface area contributed by atoms with E-state index in [1.165, 1.54) is 0 Å². The van der Waals surface area contributed by atoms with Crippen LogP contribution in [0.15, 0.2) is 30.3 Å². The lowest BCUT2D eigenvalue weighted by Crippen LogP contribution is -2.59. The first-order chi connectivity index (χ1) is 10.2. The Hall–Kier alpha value is -0.980. The van der Waals surface area contributed by atoms with Crippen molar-refractivity contribution in [1.82, 2.24) is 0 Å². The maximum absolute atomic E-state index is 6.12. The summed E-state index contributed by atoms with van der Waals surface area (Å²) in [7, 11) is 3.35. The highest BCUT2D eigenvalue weighted by Crippen LogP contribution is 2.37. The van der Waals surface area contributed by atoms with Gasteiger partial charge in [0.25, 0.3) is 0 Å². The lowest BCUT2D eigenvalue weighted by molar-refractivity contribution is -0.351. The molecule has 1 aromatic rings. The Morgan fingerprint density at radius 2 is 1.81 bits per heavy atom. The molecule has 1 aromatic carbocycles. The number of ether oxygens (including phenoxy) is 5. The minimum absolute atomic E-state index is 0.0798. The van der Waals surface area contributed by atoms with Crippen molar-refractivity contribution in [2.75, 3.05) is 20.8 Å². The molecule has 6 atom stereocenters. The lowest BCUT2D eigenvalue weighted by Gasteiger charge is -2.47. The predicted octanol–water partition coefficient (Wildman–Crippen LogP) is 2.12.